The first kappa shape index (κ1) is 15.1. The second-order valence-corrected chi connectivity index (χ2v) is 5.19. The number of hydrogen-bond donors (Lipinski definition) is 1. The van der Waals surface area contributed by atoms with Gasteiger partial charge in [-0.15, -0.1) is 0 Å². The molecule has 0 bridgehead atoms. The van der Waals surface area contributed by atoms with Crippen molar-refractivity contribution in [2.24, 2.45) is 5.84 Å². The summed E-state index contributed by atoms with van der Waals surface area (Å²) in [4.78, 5) is 6.31. The second kappa shape index (κ2) is 6.45. The number of hydrogen-bond acceptors (Lipinski definition) is 5. The first-order chi connectivity index (χ1) is 10.0. The number of benzene rings is 1. The van der Waals surface area contributed by atoms with Crippen LogP contribution < -0.4 is 20.5 Å². The zero-order valence-electron chi connectivity index (χ0n) is 13.0. The highest BCUT2D eigenvalue weighted by Gasteiger charge is 2.13. The van der Waals surface area contributed by atoms with Crippen LogP contribution in [-0.2, 0) is 6.61 Å². The topological polar surface area (TPSA) is 54.6 Å². The van der Waals surface area contributed by atoms with Gasteiger partial charge in [0.25, 0.3) is 0 Å². The third-order valence-electron chi connectivity index (χ3n) is 3.30. The molecule has 112 valence electrons. The van der Waals surface area contributed by atoms with Crippen LogP contribution in [0.15, 0.2) is 36.5 Å². The van der Waals surface area contributed by atoms with Gasteiger partial charge in [0, 0.05) is 44.2 Å². The Balaban J connectivity index is 2.32. The molecule has 1 aromatic carbocycles. The van der Waals surface area contributed by atoms with Crippen molar-refractivity contribution in [1.82, 2.24) is 4.98 Å². The smallest absolute Gasteiger partial charge is 0.216 e. The molecule has 0 radical (unpaired) electrons. The molecule has 5 heteroatoms. The van der Waals surface area contributed by atoms with Crippen LogP contribution in [0.3, 0.4) is 0 Å². The highest BCUT2D eigenvalue weighted by atomic mass is 16.5. The zero-order chi connectivity index (χ0) is 15.4. The highest BCUT2D eigenvalue weighted by Crippen LogP contribution is 2.29. The Morgan fingerprint density at radius 3 is 2.43 bits per heavy atom. The van der Waals surface area contributed by atoms with E-state index in [4.69, 9.17) is 10.6 Å². The SMILES string of the molecule is Cc1cccnc1OCc1c(N(C)C)cccc1N(C)N. The van der Waals surface area contributed by atoms with Gasteiger partial charge in [0.2, 0.25) is 5.88 Å². The largest absolute Gasteiger partial charge is 0.472 e. The van der Waals surface area contributed by atoms with E-state index in [1.54, 1.807) is 11.2 Å². The summed E-state index contributed by atoms with van der Waals surface area (Å²) in [6, 6.07) is 9.91. The van der Waals surface area contributed by atoms with Crippen LogP contribution in [0.25, 0.3) is 0 Å². The van der Waals surface area contributed by atoms with Crippen molar-refractivity contribution >= 4 is 11.4 Å². The van der Waals surface area contributed by atoms with Crippen molar-refractivity contribution in [3.05, 3.63) is 47.7 Å². The van der Waals surface area contributed by atoms with E-state index in [1.165, 1.54) is 0 Å². The minimum Gasteiger partial charge on any atom is -0.472 e. The van der Waals surface area contributed by atoms with Crippen molar-refractivity contribution in [2.75, 3.05) is 31.1 Å². The van der Waals surface area contributed by atoms with Crippen LogP contribution in [0.2, 0.25) is 0 Å². The molecule has 0 aliphatic carbocycles. The summed E-state index contributed by atoms with van der Waals surface area (Å²) in [6.07, 6.45) is 1.73. The molecule has 0 saturated carbocycles. The molecule has 0 atom stereocenters. The summed E-state index contributed by atoms with van der Waals surface area (Å²) in [7, 11) is 5.83. The molecular weight excluding hydrogens is 264 g/mol. The molecule has 2 rings (SSSR count). The average Bonchev–Trinajstić information content (AvgIpc) is 2.45. The number of anilines is 2. The quantitative estimate of drug-likeness (QED) is 0.675. The lowest BCUT2D eigenvalue weighted by Gasteiger charge is -2.23. The molecule has 1 aromatic heterocycles. The first-order valence-electron chi connectivity index (χ1n) is 6.82. The second-order valence-electron chi connectivity index (χ2n) is 5.19. The summed E-state index contributed by atoms with van der Waals surface area (Å²) in [6.45, 7) is 2.40. The molecule has 0 saturated heterocycles. The number of pyridine rings is 1. The van der Waals surface area contributed by atoms with Gasteiger partial charge in [0.15, 0.2) is 0 Å². The summed E-state index contributed by atoms with van der Waals surface area (Å²) in [5.41, 5.74) is 4.08. The highest BCUT2D eigenvalue weighted by molar-refractivity contribution is 5.66. The van der Waals surface area contributed by atoms with Crippen molar-refractivity contribution in [3.63, 3.8) is 0 Å². The number of nitrogens with two attached hydrogens (primary N) is 1. The van der Waals surface area contributed by atoms with E-state index in [0.717, 1.165) is 22.5 Å². The zero-order valence-corrected chi connectivity index (χ0v) is 13.0. The summed E-state index contributed by atoms with van der Waals surface area (Å²) < 4.78 is 5.88. The fourth-order valence-electron chi connectivity index (χ4n) is 2.22. The summed E-state index contributed by atoms with van der Waals surface area (Å²) in [5, 5.41) is 1.61. The van der Waals surface area contributed by atoms with Crippen LogP contribution in [0.1, 0.15) is 11.1 Å². The Kier molecular flexibility index (Phi) is 4.65. The average molecular weight is 286 g/mol. The maximum absolute atomic E-state index is 5.93. The Labute approximate surface area is 125 Å². The number of nitrogens with zero attached hydrogens (tertiary/aromatic N) is 3. The lowest BCUT2D eigenvalue weighted by atomic mass is 10.1. The molecule has 2 N–H and O–H groups in total. The minimum absolute atomic E-state index is 0.420. The lowest BCUT2D eigenvalue weighted by molar-refractivity contribution is 0.292. The van der Waals surface area contributed by atoms with E-state index >= 15 is 0 Å². The predicted octanol–water partition coefficient (Wildman–Crippen LogP) is 2.34. The molecule has 0 aliphatic heterocycles. The summed E-state index contributed by atoms with van der Waals surface area (Å²) in [5.74, 6) is 6.58. The van der Waals surface area contributed by atoms with Gasteiger partial charge < -0.3 is 14.6 Å². The van der Waals surface area contributed by atoms with Gasteiger partial charge >= 0.3 is 0 Å². The van der Waals surface area contributed by atoms with Gasteiger partial charge in [0.05, 0.1) is 5.69 Å². The van der Waals surface area contributed by atoms with E-state index in [-0.39, 0.29) is 0 Å². The monoisotopic (exact) mass is 286 g/mol. The number of aromatic nitrogens is 1. The fourth-order valence-corrected chi connectivity index (χ4v) is 2.22. The van der Waals surface area contributed by atoms with Gasteiger partial charge in [-0.2, -0.15) is 0 Å². The van der Waals surface area contributed by atoms with Crippen LogP contribution in [0.5, 0.6) is 5.88 Å². The van der Waals surface area contributed by atoms with Gasteiger partial charge in [-0.25, -0.2) is 10.8 Å². The molecule has 0 amide bonds. The van der Waals surface area contributed by atoms with Crippen LogP contribution in [0, 0.1) is 6.92 Å². The molecule has 1 heterocycles. The molecule has 5 nitrogen and oxygen atoms in total. The standard InChI is InChI=1S/C16H22N4O/c1-12-7-6-10-18-16(12)21-11-13-14(19(2)3)8-5-9-15(13)20(4)17/h5-10H,11,17H2,1-4H3. The fraction of sp³-hybridized carbons (Fsp3) is 0.312. The maximum Gasteiger partial charge on any atom is 0.216 e. The van der Waals surface area contributed by atoms with Crippen LogP contribution >= 0.6 is 0 Å². The number of ether oxygens (including phenoxy) is 1. The van der Waals surface area contributed by atoms with Crippen molar-refractivity contribution in [2.45, 2.75) is 13.5 Å². The molecule has 0 unspecified atom stereocenters. The van der Waals surface area contributed by atoms with Gasteiger partial charge in [0.1, 0.15) is 6.61 Å². The van der Waals surface area contributed by atoms with E-state index in [9.17, 15) is 0 Å². The molecular formula is C16H22N4O. The third-order valence-corrected chi connectivity index (χ3v) is 3.30. The van der Waals surface area contributed by atoms with Gasteiger partial charge in [-0.05, 0) is 25.1 Å². The third kappa shape index (κ3) is 3.44. The molecule has 0 spiro atoms. The minimum atomic E-state index is 0.420. The van der Waals surface area contributed by atoms with Crippen LogP contribution in [0.4, 0.5) is 11.4 Å². The van der Waals surface area contributed by atoms with Gasteiger partial charge in [-0.3, -0.25) is 0 Å². The Bertz CT molecular complexity index is 585. The number of rotatable bonds is 5. The van der Waals surface area contributed by atoms with E-state index in [0.29, 0.717) is 12.5 Å². The molecule has 21 heavy (non-hydrogen) atoms. The Morgan fingerprint density at radius 1 is 1.10 bits per heavy atom. The molecule has 0 fully saturated rings. The Morgan fingerprint density at radius 2 is 1.81 bits per heavy atom. The normalized spacial score (nSPS) is 10.3. The van der Waals surface area contributed by atoms with Crippen molar-refractivity contribution < 1.29 is 4.74 Å². The Hall–Kier alpha value is -2.27. The molecule has 2 aromatic rings. The van der Waals surface area contributed by atoms with E-state index in [1.807, 2.05) is 52.3 Å². The number of aryl methyl sites for hydroxylation is 1. The number of hydrazine groups is 1. The van der Waals surface area contributed by atoms with Crippen molar-refractivity contribution in [3.8, 4) is 5.88 Å². The summed E-state index contributed by atoms with van der Waals surface area (Å²) >= 11 is 0. The van der Waals surface area contributed by atoms with Crippen molar-refractivity contribution in [1.29, 1.82) is 0 Å². The maximum atomic E-state index is 5.93. The molecule has 0 aliphatic rings. The first-order valence-corrected chi connectivity index (χ1v) is 6.82. The predicted molar refractivity (Wildman–Crippen MR) is 86.7 cm³/mol. The lowest BCUT2D eigenvalue weighted by Crippen LogP contribution is -2.27. The van der Waals surface area contributed by atoms with Gasteiger partial charge in [-0.1, -0.05) is 12.1 Å². The van der Waals surface area contributed by atoms with E-state index < -0.39 is 0 Å². The van der Waals surface area contributed by atoms with E-state index in [2.05, 4.69) is 16.0 Å². The van der Waals surface area contributed by atoms with Crippen LogP contribution in [-0.4, -0.2) is 26.1 Å².